The third-order valence-electron chi connectivity index (χ3n) is 4.88. The lowest BCUT2D eigenvalue weighted by atomic mass is 10.1. The average molecular weight is 325 g/mol. The molecule has 2 heterocycles. The maximum Gasteiger partial charge on any atom is 0.276 e. The van der Waals surface area contributed by atoms with Crippen molar-refractivity contribution < 1.29 is 9.32 Å². The van der Waals surface area contributed by atoms with E-state index in [1.165, 1.54) is 11.1 Å². The fourth-order valence-corrected chi connectivity index (χ4v) is 3.29. The molecule has 126 valence electrons. The second kappa shape index (κ2) is 6.40. The smallest absolute Gasteiger partial charge is 0.276 e. The molecule has 1 aliphatic carbocycles. The first-order valence-electron chi connectivity index (χ1n) is 8.73. The largest absolute Gasteiger partial charge is 0.360 e. The summed E-state index contributed by atoms with van der Waals surface area (Å²) in [6.07, 6.45) is 2.31. The first kappa shape index (κ1) is 15.4. The van der Waals surface area contributed by atoms with Crippen LogP contribution >= 0.6 is 0 Å². The van der Waals surface area contributed by atoms with Crippen LogP contribution in [0.25, 0.3) is 0 Å². The molecule has 1 amide bonds. The van der Waals surface area contributed by atoms with Crippen LogP contribution in [-0.4, -0.2) is 47.0 Å². The molecule has 5 nitrogen and oxygen atoms in total. The Bertz CT molecular complexity index is 728. The van der Waals surface area contributed by atoms with Crippen LogP contribution in [0.4, 0.5) is 0 Å². The number of rotatable bonds is 4. The first-order chi connectivity index (χ1) is 11.7. The fraction of sp³-hybridized carbons (Fsp3) is 0.474. The van der Waals surface area contributed by atoms with Crippen molar-refractivity contribution in [2.24, 2.45) is 0 Å². The van der Waals surface area contributed by atoms with Gasteiger partial charge in [-0.1, -0.05) is 35.0 Å². The summed E-state index contributed by atoms with van der Waals surface area (Å²) >= 11 is 0. The SMILES string of the molecule is Cc1cccc(CN2CCN(C(=O)c3cc(C4CC4)on3)CC2)c1. The Morgan fingerprint density at radius 3 is 2.71 bits per heavy atom. The van der Waals surface area contributed by atoms with E-state index in [-0.39, 0.29) is 5.91 Å². The van der Waals surface area contributed by atoms with E-state index in [2.05, 4.69) is 41.2 Å². The molecule has 1 aromatic heterocycles. The highest BCUT2D eigenvalue weighted by Crippen LogP contribution is 2.40. The van der Waals surface area contributed by atoms with Crippen molar-refractivity contribution in [3.63, 3.8) is 0 Å². The van der Waals surface area contributed by atoms with E-state index in [1.54, 1.807) is 0 Å². The molecule has 0 bridgehead atoms. The molecule has 0 spiro atoms. The van der Waals surface area contributed by atoms with Crippen molar-refractivity contribution in [2.75, 3.05) is 26.2 Å². The molecule has 2 aromatic rings. The molecule has 2 aliphatic rings. The van der Waals surface area contributed by atoms with E-state index in [9.17, 15) is 4.79 Å². The number of amides is 1. The van der Waals surface area contributed by atoms with Gasteiger partial charge in [-0.25, -0.2) is 0 Å². The van der Waals surface area contributed by atoms with Crippen LogP contribution in [0.5, 0.6) is 0 Å². The monoisotopic (exact) mass is 325 g/mol. The molecule has 0 radical (unpaired) electrons. The zero-order chi connectivity index (χ0) is 16.5. The van der Waals surface area contributed by atoms with Crippen LogP contribution in [0, 0.1) is 6.92 Å². The summed E-state index contributed by atoms with van der Waals surface area (Å²) in [6, 6.07) is 10.4. The van der Waals surface area contributed by atoms with Crippen molar-refractivity contribution in [3.05, 3.63) is 52.9 Å². The van der Waals surface area contributed by atoms with Gasteiger partial charge in [0.25, 0.3) is 5.91 Å². The highest BCUT2D eigenvalue weighted by molar-refractivity contribution is 5.92. The Labute approximate surface area is 142 Å². The van der Waals surface area contributed by atoms with Crippen LogP contribution in [0.15, 0.2) is 34.9 Å². The highest BCUT2D eigenvalue weighted by Gasteiger charge is 2.30. The van der Waals surface area contributed by atoms with Crippen LogP contribution in [-0.2, 0) is 6.54 Å². The van der Waals surface area contributed by atoms with Gasteiger partial charge in [0.2, 0.25) is 0 Å². The van der Waals surface area contributed by atoms with Crippen LogP contribution in [0.1, 0.15) is 46.1 Å². The molecule has 0 unspecified atom stereocenters. The zero-order valence-corrected chi connectivity index (χ0v) is 14.1. The third kappa shape index (κ3) is 3.36. The van der Waals surface area contributed by atoms with Gasteiger partial charge >= 0.3 is 0 Å². The standard InChI is InChI=1S/C19H23N3O2/c1-14-3-2-4-15(11-14)13-21-7-9-22(10-8-21)19(23)17-12-18(24-20-17)16-5-6-16/h2-4,11-12,16H,5-10,13H2,1H3. The summed E-state index contributed by atoms with van der Waals surface area (Å²) in [5.74, 6) is 1.36. The summed E-state index contributed by atoms with van der Waals surface area (Å²) in [5, 5.41) is 3.97. The van der Waals surface area contributed by atoms with Crippen molar-refractivity contribution in [1.29, 1.82) is 0 Å². The second-order valence-corrected chi connectivity index (χ2v) is 6.95. The van der Waals surface area contributed by atoms with Crippen LogP contribution < -0.4 is 0 Å². The summed E-state index contributed by atoms with van der Waals surface area (Å²) in [4.78, 5) is 16.8. The number of hydrogen-bond acceptors (Lipinski definition) is 4. The Hall–Kier alpha value is -2.14. The zero-order valence-electron chi connectivity index (χ0n) is 14.1. The Morgan fingerprint density at radius 2 is 2.00 bits per heavy atom. The first-order valence-corrected chi connectivity index (χ1v) is 8.73. The number of piperazine rings is 1. The maximum atomic E-state index is 12.6. The van der Waals surface area contributed by atoms with Crippen molar-refractivity contribution in [3.8, 4) is 0 Å². The normalized spacial score (nSPS) is 18.8. The van der Waals surface area contributed by atoms with E-state index in [4.69, 9.17) is 4.52 Å². The number of aryl methyl sites for hydroxylation is 1. The van der Waals surface area contributed by atoms with E-state index >= 15 is 0 Å². The minimum Gasteiger partial charge on any atom is -0.360 e. The molecule has 1 aliphatic heterocycles. The van der Waals surface area contributed by atoms with Gasteiger partial charge in [0.15, 0.2) is 5.69 Å². The molecular weight excluding hydrogens is 302 g/mol. The van der Waals surface area contributed by atoms with Crippen molar-refractivity contribution >= 4 is 5.91 Å². The van der Waals surface area contributed by atoms with Gasteiger partial charge in [-0.15, -0.1) is 0 Å². The molecular formula is C19H23N3O2. The predicted molar refractivity (Wildman–Crippen MR) is 90.8 cm³/mol. The van der Waals surface area contributed by atoms with E-state index in [0.717, 1.165) is 51.3 Å². The van der Waals surface area contributed by atoms with Crippen molar-refractivity contribution in [2.45, 2.75) is 32.2 Å². The molecule has 1 saturated heterocycles. The highest BCUT2D eigenvalue weighted by atomic mass is 16.5. The van der Waals surface area contributed by atoms with Gasteiger partial charge in [-0.05, 0) is 25.3 Å². The van der Waals surface area contributed by atoms with E-state index in [1.807, 2.05) is 11.0 Å². The molecule has 4 rings (SSSR count). The minimum absolute atomic E-state index is 0.000792. The number of benzene rings is 1. The number of carbonyl (C=O) groups is 1. The molecule has 0 atom stereocenters. The average Bonchev–Trinajstić information content (AvgIpc) is 3.32. The van der Waals surface area contributed by atoms with E-state index in [0.29, 0.717) is 11.6 Å². The van der Waals surface area contributed by atoms with Gasteiger partial charge in [0.05, 0.1) is 0 Å². The van der Waals surface area contributed by atoms with Gasteiger partial charge in [-0.3, -0.25) is 9.69 Å². The number of nitrogens with zero attached hydrogens (tertiary/aromatic N) is 3. The lowest BCUT2D eigenvalue weighted by molar-refractivity contribution is 0.0618. The molecule has 2 fully saturated rings. The van der Waals surface area contributed by atoms with Crippen LogP contribution in [0.2, 0.25) is 0 Å². The Morgan fingerprint density at radius 1 is 1.21 bits per heavy atom. The Balaban J connectivity index is 1.32. The van der Waals surface area contributed by atoms with Crippen molar-refractivity contribution in [1.82, 2.24) is 15.0 Å². The molecule has 24 heavy (non-hydrogen) atoms. The maximum absolute atomic E-state index is 12.6. The van der Waals surface area contributed by atoms with Gasteiger partial charge in [-0.2, -0.15) is 0 Å². The topological polar surface area (TPSA) is 49.6 Å². The molecule has 1 aromatic carbocycles. The molecule has 1 saturated carbocycles. The number of carbonyl (C=O) groups excluding carboxylic acids is 1. The van der Waals surface area contributed by atoms with E-state index < -0.39 is 0 Å². The Kier molecular flexibility index (Phi) is 4.10. The lowest BCUT2D eigenvalue weighted by Gasteiger charge is -2.34. The second-order valence-electron chi connectivity index (χ2n) is 6.95. The summed E-state index contributed by atoms with van der Waals surface area (Å²) in [7, 11) is 0. The van der Waals surface area contributed by atoms with Gasteiger partial charge in [0.1, 0.15) is 5.76 Å². The predicted octanol–water partition coefficient (Wildman–Crippen LogP) is 2.82. The van der Waals surface area contributed by atoms with Gasteiger partial charge in [0, 0.05) is 44.7 Å². The summed E-state index contributed by atoms with van der Waals surface area (Å²) in [6.45, 7) is 6.35. The molecule has 0 N–H and O–H groups in total. The fourth-order valence-electron chi connectivity index (χ4n) is 3.29. The number of hydrogen-bond donors (Lipinski definition) is 0. The summed E-state index contributed by atoms with van der Waals surface area (Å²) in [5.41, 5.74) is 3.09. The number of aromatic nitrogens is 1. The van der Waals surface area contributed by atoms with Gasteiger partial charge < -0.3 is 9.42 Å². The minimum atomic E-state index is 0.000792. The third-order valence-corrected chi connectivity index (χ3v) is 4.88. The van der Waals surface area contributed by atoms with Crippen LogP contribution in [0.3, 0.4) is 0 Å². The summed E-state index contributed by atoms with van der Waals surface area (Å²) < 4.78 is 5.30. The lowest BCUT2D eigenvalue weighted by Crippen LogP contribution is -2.48. The quantitative estimate of drug-likeness (QED) is 0.867. The molecule has 5 heteroatoms.